The number of carbonyl (C=O) groups is 1. The zero-order chi connectivity index (χ0) is 22.9. The number of hydrazine groups is 1. The molecule has 0 saturated carbocycles. The molecule has 3 aromatic carbocycles. The van der Waals surface area contributed by atoms with Crippen molar-refractivity contribution in [1.29, 1.82) is 0 Å². The Hall–Kier alpha value is -3.74. The predicted molar refractivity (Wildman–Crippen MR) is 131 cm³/mol. The van der Waals surface area contributed by atoms with Gasteiger partial charge in [-0.2, -0.15) is 5.10 Å². The number of para-hydroxylation sites is 1. The normalized spacial score (nSPS) is 18.4. The molecule has 3 aromatic rings. The minimum absolute atomic E-state index is 0.0450. The molecule has 0 bridgehead atoms. The first kappa shape index (κ1) is 22.5. The third kappa shape index (κ3) is 6.38. The Morgan fingerprint density at radius 2 is 1.70 bits per heavy atom. The highest BCUT2D eigenvalue weighted by Crippen LogP contribution is 2.30. The van der Waals surface area contributed by atoms with E-state index in [1.54, 1.807) is 6.21 Å². The summed E-state index contributed by atoms with van der Waals surface area (Å²) in [7, 11) is 0. The molecule has 0 radical (unpaired) electrons. The van der Waals surface area contributed by atoms with Crippen molar-refractivity contribution < 1.29 is 9.53 Å². The summed E-state index contributed by atoms with van der Waals surface area (Å²) in [4.78, 5) is 12.6. The van der Waals surface area contributed by atoms with Crippen LogP contribution in [0.2, 0.25) is 0 Å². The Balaban J connectivity index is 1.32. The number of nitrogens with one attached hydrogen (secondary N) is 3. The van der Waals surface area contributed by atoms with Gasteiger partial charge < -0.3 is 4.74 Å². The first-order valence-corrected chi connectivity index (χ1v) is 11.0. The molecule has 33 heavy (non-hydrogen) atoms. The van der Waals surface area contributed by atoms with E-state index in [0.29, 0.717) is 13.0 Å². The molecule has 1 heterocycles. The number of amides is 1. The molecule has 0 aromatic heterocycles. The van der Waals surface area contributed by atoms with Crippen LogP contribution in [-0.4, -0.2) is 18.2 Å². The van der Waals surface area contributed by atoms with Gasteiger partial charge in [-0.1, -0.05) is 84.9 Å². The summed E-state index contributed by atoms with van der Waals surface area (Å²) in [5, 5.41) is 4.11. The number of allylic oxidation sites excluding steroid dienone is 1. The zero-order valence-corrected chi connectivity index (χ0v) is 18.6. The topological polar surface area (TPSA) is 74.8 Å². The van der Waals surface area contributed by atoms with Crippen LogP contribution in [0.1, 0.15) is 36.1 Å². The lowest BCUT2D eigenvalue weighted by molar-refractivity contribution is -0.122. The number of nitrogens with zero attached hydrogens (tertiary/aromatic N) is 1. The number of hydrogen-bond acceptors (Lipinski definition) is 5. The Kier molecular flexibility index (Phi) is 7.64. The highest BCUT2D eigenvalue weighted by atomic mass is 16.5. The summed E-state index contributed by atoms with van der Waals surface area (Å²) in [6.45, 7) is 2.44. The van der Waals surface area contributed by atoms with Gasteiger partial charge in [-0.05, 0) is 36.1 Å². The third-order valence-corrected chi connectivity index (χ3v) is 5.39. The fraction of sp³-hybridized carbons (Fsp3) is 0.185. The van der Waals surface area contributed by atoms with Crippen molar-refractivity contribution in [2.24, 2.45) is 5.10 Å². The molecule has 3 N–H and O–H groups in total. The van der Waals surface area contributed by atoms with E-state index in [2.05, 4.69) is 21.4 Å². The van der Waals surface area contributed by atoms with Crippen molar-refractivity contribution in [3.8, 4) is 5.75 Å². The van der Waals surface area contributed by atoms with Crippen LogP contribution in [0.3, 0.4) is 0 Å². The maximum Gasteiger partial charge on any atom is 0.258 e. The largest absolute Gasteiger partial charge is 0.489 e. The molecule has 4 rings (SSSR count). The molecule has 2 atom stereocenters. The molecule has 2 unspecified atom stereocenters. The monoisotopic (exact) mass is 440 g/mol. The number of carbonyl (C=O) groups excluding carboxylic acids is 1. The first-order chi connectivity index (χ1) is 16.2. The summed E-state index contributed by atoms with van der Waals surface area (Å²) in [5.74, 6) is 0.623. The van der Waals surface area contributed by atoms with Crippen LogP contribution in [0.5, 0.6) is 5.75 Å². The van der Waals surface area contributed by atoms with Crippen molar-refractivity contribution in [1.82, 2.24) is 16.3 Å². The van der Waals surface area contributed by atoms with E-state index >= 15 is 0 Å². The lowest BCUT2D eigenvalue weighted by Gasteiger charge is -2.16. The van der Waals surface area contributed by atoms with Gasteiger partial charge in [0.1, 0.15) is 18.4 Å². The molecular formula is C27H28N4O2. The average Bonchev–Trinajstić information content (AvgIpc) is 3.34. The summed E-state index contributed by atoms with van der Waals surface area (Å²) in [6.07, 6.45) is 4.25. The Morgan fingerprint density at radius 1 is 1.00 bits per heavy atom. The standard InChI is InChI=1S/C27H28N4O2/c1-20(16-21-10-4-2-5-11-21)18-28-31-27(32)25-17-24(29-30-25)23-14-8-9-15-26(23)33-19-22-12-6-3-7-13-22/h2-16,18,24-25,29-30H,17,19H2,1H3,(H,31,32)/b20-16+,28-18+. The highest BCUT2D eigenvalue weighted by Gasteiger charge is 2.31. The molecule has 0 aliphatic carbocycles. The second kappa shape index (κ2) is 11.2. The number of ether oxygens (including phenoxy) is 1. The van der Waals surface area contributed by atoms with Crippen LogP contribution in [0, 0.1) is 0 Å². The van der Waals surface area contributed by atoms with Crippen LogP contribution in [0.25, 0.3) is 6.08 Å². The van der Waals surface area contributed by atoms with Gasteiger partial charge in [0.05, 0.1) is 12.3 Å². The maximum atomic E-state index is 12.6. The molecule has 0 spiro atoms. The SMILES string of the molecule is CC(/C=N/NC(=O)C1CC(c2ccccc2OCc2ccccc2)NN1)=C\c1ccccc1. The van der Waals surface area contributed by atoms with Crippen LogP contribution in [0.15, 0.2) is 95.6 Å². The van der Waals surface area contributed by atoms with Crippen LogP contribution < -0.4 is 21.0 Å². The lowest BCUT2D eigenvalue weighted by Crippen LogP contribution is -2.41. The second-order valence-corrected chi connectivity index (χ2v) is 7.97. The average molecular weight is 441 g/mol. The Morgan fingerprint density at radius 3 is 2.48 bits per heavy atom. The van der Waals surface area contributed by atoms with Gasteiger partial charge in [-0.3, -0.25) is 4.79 Å². The zero-order valence-electron chi connectivity index (χ0n) is 18.6. The van der Waals surface area contributed by atoms with E-state index in [-0.39, 0.29) is 11.9 Å². The van der Waals surface area contributed by atoms with Crippen molar-refractivity contribution >= 4 is 18.2 Å². The molecule has 1 saturated heterocycles. The van der Waals surface area contributed by atoms with Gasteiger partial charge >= 0.3 is 0 Å². The summed E-state index contributed by atoms with van der Waals surface area (Å²) in [5.41, 5.74) is 13.1. The van der Waals surface area contributed by atoms with E-state index in [1.807, 2.05) is 97.9 Å². The van der Waals surface area contributed by atoms with Gasteiger partial charge in [-0.25, -0.2) is 16.3 Å². The lowest BCUT2D eigenvalue weighted by atomic mass is 10.0. The first-order valence-electron chi connectivity index (χ1n) is 11.0. The molecular weight excluding hydrogens is 412 g/mol. The molecule has 1 aliphatic rings. The second-order valence-electron chi connectivity index (χ2n) is 7.97. The van der Waals surface area contributed by atoms with Gasteiger partial charge in [0.15, 0.2) is 0 Å². The van der Waals surface area contributed by atoms with Crippen molar-refractivity contribution in [3.63, 3.8) is 0 Å². The smallest absolute Gasteiger partial charge is 0.258 e. The maximum absolute atomic E-state index is 12.6. The number of hydrazone groups is 1. The van der Waals surface area contributed by atoms with E-state index in [0.717, 1.165) is 28.0 Å². The van der Waals surface area contributed by atoms with E-state index in [4.69, 9.17) is 4.74 Å². The van der Waals surface area contributed by atoms with Crippen molar-refractivity contribution in [2.75, 3.05) is 0 Å². The fourth-order valence-electron chi connectivity index (χ4n) is 3.69. The summed E-state index contributed by atoms with van der Waals surface area (Å²) in [6, 6.07) is 27.5. The molecule has 1 aliphatic heterocycles. The van der Waals surface area contributed by atoms with E-state index < -0.39 is 6.04 Å². The minimum atomic E-state index is -0.396. The minimum Gasteiger partial charge on any atom is -0.489 e. The van der Waals surface area contributed by atoms with E-state index in [9.17, 15) is 4.79 Å². The van der Waals surface area contributed by atoms with Crippen LogP contribution in [-0.2, 0) is 11.4 Å². The van der Waals surface area contributed by atoms with Crippen molar-refractivity contribution in [3.05, 3.63) is 107 Å². The Bertz CT molecular complexity index is 1110. The quantitative estimate of drug-likeness (QED) is 0.359. The highest BCUT2D eigenvalue weighted by molar-refractivity contribution is 5.87. The van der Waals surface area contributed by atoms with Crippen LogP contribution >= 0.6 is 0 Å². The summed E-state index contributed by atoms with van der Waals surface area (Å²) < 4.78 is 6.07. The van der Waals surface area contributed by atoms with Gasteiger partial charge in [-0.15, -0.1) is 0 Å². The third-order valence-electron chi connectivity index (χ3n) is 5.39. The number of rotatable bonds is 8. The summed E-state index contributed by atoms with van der Waals surface area (Å²) >= 11 is 0. The number of hydrogen-bond donors (Lipinski definition) is 3. The molecule has 6 heteroatoms. The predicted octanol–water partition coefficient (Wildman–Crippen LogP) is 4.38. The molecule has 6 nitrogen and oxygen atoms in total. The Labute approximate surface area is 194 Å². The van der Waals surface area contributed by atoms with Crippen LogP contribution in [0.4, 0.5) is 0 Å². The molecule has 1 fully saturated rings. The van der Waals surface area contributed by atoms with Gasteiger partial charge in [0.25, 0.3) is 5.91 Å². The van der Waals surface area contributed by atoms with Gasteiger partial charge in [0.2, 0.25) is 0 Å². The van der Waals surface area contributed by atoms with Crippen molar-refractivity contribution in [2.45, 2.75) is 32.0 Å². The fourth-order valence-corrected chi connectivity index (χ4v) is 3.69. The van der Waals surface area contributed by atoms with E-state index in [1.165, 1.54) is 0 Å². The molecule has 1 amide bonds. The number of benzene rings is 3. The molecule has 168 valence electrons. The van der Waals surface area contributed by atoms with Gasteiger partial charge in [0, 0.05) is 5.56 Å².